The van der Waals surface area contributed by atoms with E-state index in [1.165, 1.54) is 11.3 Å². The van der Waals surface area contributed by atoms with Gasteiger partial charge < -0.3 is 20.4 Å². The van der Waals surface area contributed by atoms with Crippen LogP contribution in [0.3, 0.4) is 0 Å². The maximum absolute atomic E-state index is 12.3. The first-order valence-corrected chi connectivity index (χ1v) is 12.4. The minimum absolute atomic E-state index is 0.217. The highest BCUT2D eigenvalue weighted by Crippen LogP contribution is 2.31. The molecule has 1 fully saturated rings. The van der Waals surface area contributed by atoms with E-state index < -0.39 is 5.60 Å². The number of carbonyl (C=O) groups excluding carboxylic acids is 1. The summed E-state index contributed by atoms with van der Waals surface area (Å²) in [5.41, 5.74) is 9.10. The molecule has 1 saturated heterocycles. The van der Waals surface area contributed by atoms with E-state index in [1.807, 2.05) is 49.3 Å². The van der Waals surface area contributed by atoms with Gasteiger partial charge >= 0.3 is 6.09 Å². The topological polar surface area (TPSA) is 128 Å². The number of rotatable bonds is 4. The summed E-state index contributed by atoms with van der Waals surface area (Å²) in [6.45, 7) is 6.93. The van der Waals surface area contributed by atoms with Gasteiger partial charge in [0.15, 0.2) is 0 Å². The Morgan fingerprint density at radius 1 is 1.14 bits per heavy atom. The number of aromatic amines is 1. The van der Waals surface area contributed by atoms with Crippen LogP contribution >= 0.6 is 11.3 Å². The Balaban J connectivity index is 1.29. The van der Waals surface area contributed by atoms with Gasteiger partial charge in [-0.05, 0) is 39.7 Å². The summed E-state index contributed by atoms with van der Waals surface area (Å²) in [5.74, 6) is 1.04. The molecule has 0 radical (unpaired) electrons. The lowest BCUT2D eigenvalue weighted by atomic mass is 10.1. The van der Waals surface area contributed by atoms with Crippen LogP contribution in [-0.2, 0) is 4.74 Å². The Morgan fingerprint density at radius 3 is 2.66 bits per heavy atom. The third-order valence-electron chi connectivity index (χ3n) is 5.84. The molecule has 1 aliphatic rings. The molecule has 1 aliphatic heterocycles. The van der Waals surface area contributed by atoms with Crippen LogP contribution in [0.25, 0.3) is 33.2 Å². The van der Waals surface area contributed by atoms with Crippen molar-refractivity contribution in [1.82, 2.24) is 34.6 Å². The standard InChI is InChI=1S/C24H28N8O2S/c1-24(2,3)34-23(33)31-7-4-17(5-8-31)32-14-16(12-29-32)15-10-18(20(25)27-11-15)21-28-13-19(30-21)22-26-6-9-35-22/h6,9-14,17H,4-5,7-8H2,1-3H3,(H2,25,27)(H,28,30). The maximum atomic E-state index is 12.3. The number of anilines is 1. The highest BCUT2D eigenvalue weighted by molar-refractivity contribution is 7.13. The summed E-state index contributed by atoms with van der Waals surface area (Å²) >= 11 is 1.54. The van der Waals surface area contributed by atoms with Crippen LogP contribution in [-0.4, -0.2) is 59.4 Å². The molecule has 0 unspecified atom stereocenters. The van der Waals surface area contributed by atoms with Gasteiger partial charge in [0, 0.05) is 48.2 Å². The molecule has 5 rings (SSSR count). The zero-order chi connectivity index (χ0) is 24.6. The zero-order valence-corrected chi connectivity index (χ0v) is 20.7. The smallest absolute Gasteiger partial charge is 0.410 e. The van der Waals surface area contributed by atoms with Crippen molar-refractivity contribution >= 4 is 23.2 Å². The first-order chi connectivity index (χ1) is 16.8. The highest BCUT2D eigenvalue weighted by atomic mass is 32.1. The number of hydrogen-bond donors (Lipinski definition) is 2. The third kappa shape index (κ3) is 5.04. The summed E-state index contributed by atoms with van der Waals surface area (Å²) in [4.78, 5) is 30.6. The molecule has 0 aromatic carbocycles. The quantitative estimate of drug-likeness (QED) is 0.426. The van der Waals surface area contributed by atoms with Crippen molar-refractivity contribution in [2.24, 2.45) is 0 Å². The number of ether oxygens (including phenoxy) is 1. The van der Waals surface area contributed by atoms with E-state index in [-0.39, 0.29) is 12.1 Å². The van der Waals surface area contributed by atoms with Crippen LogP contribution in [0.5, 0.6) is 0 Å². The van der Waals surface area contributed by atoms with Crippen molar-refractivity contribution in [2.45, 2.75) is 45.3 Å². The van der Waals surface area contributed by atoms with Gasteiger partial charge in [-0.15, -0.1) is 11.3 Å². The number of hydrogen-bond acceptors (Lipinski definition) is 8. The molecule has 0 spiro atoms. The Hall–Kier alpha value is -3.73. The molecule has 10 nitrogen and oxygen atoms in total. The Morgan fingerprint density at radius 2 is 1.94 bits per heavy atom. The monoisotopic (exact) mass is 492 g/mol. The molecule has 11 heteroatoms. The number of thiazole rings is 1. The lowest BCUT2D eigenvalue weighted by molar-refractivity contribution is 0.0185. The van der Waals surface area contributed by atoms with Crippen LogP contribution in [0, 0.1) is 0 Å². The summed E-state index contributed by atoms with van der Waals surface area (Å²) in [6, 6.07) is 2.19. The van der Waals surface area contributed by atoms with Crippen molar-refractivity contribution in [3.8, 4) is 33.2 Å². The number of nitrogens with two attached hydrogens (primary N) is 1. The number of amides is 1. The first-order valence-electron chi connectivity index (χ1n) is 11.5. The van der Waals surface area contributed by atoms with E-state index in [4.69, 9.17) is 10.5 Å². The maximum Gasteiger partial charge on any atom is 0.410 e. The molecule has 1 amide bonds. The number of likely N-dealkylation sites (tertiary alicyclic amines) is 1. The van der Waals surface area contributed by atoms with Gasteiger partial charge in [0.1, 0.15) is 22.3 Å². The average molecular weight is 493 g/mol. The van der Waals surface area contributed by atoms with Crippen molar-refractivity contribution in [2.75, 3.05) is 18.8 Å². The van der Waals surface area contributed by atoms with Gasteiger partial charge in [0.25, 0.3) is 0 Å². The van der Waals surface area contributed by atoms with Crippen LogP contribution in [0.1, 0.15) is 39.7 Å². The van der Waals surface area contributed by atoms with Crippen LogP contribution < -0.4 is 5.73 Å². The van der Waals surface area contributed by atoms with Gasteiger partial charge in [0.05, 0.1) is 29.7 Å². The molecule has 0 aliphatic carbocycles. The average Bonchev–Trinajstić information content (AvgIpc) is 3.60. The predicted molar refractivity (Wildman–Crippen MR) is 135 cm³/mol. The van der Waals surface area contributed by atoms with E-state index in [0.29, 0.717) is 24.7 Å². The summed E-state index contributed by atoms with van der Waals surface area (Å²) < 4.78 is 7.47. The molecule has 0 atom stereocenters. The lowest BCUT2D eigenvalue weighted by Crippen LogP contribution is -2.42. The second-order valence-corrected chi connectivity index (χ2v) is 10.4. The SMILES string of the molecule is CC(C)(C)OC(=O)N1CCC(n2cc(-c3cnc(N)c(-c4ncc(-c5nccs5)[nH]4)c3)cn2)CC1. The first kappa shape index (κ1) is 23.0. The molecule has 5 heterocycles. The number of piperidine rings is 1. The third-order valence-corrected chi connectivity index (χ3v) is 6.64. The molecule has 182 valence electrons. The normalized spacial score (nSPS) is 14.9. The fourth-order valence-corrected chi connectivity index (χ4v) is 4.68. The predicted octanol–water partition coefficient (Wildman–Crippen LogP) is 4.61. The molecule has 4 aromatic heterocycles. The van der Waals surface area contributed by atoms with E-state index in [2.05, 4.69) is 25.0 Å². The Bertz CT molecular complexity index is 1310. The van der Waals surface area contributed by atoms with Crippen LogP contribution in [0.4, 0.5) is 10.6 Å². The van der Waals surface area contributed by atoms with Gasteiger partial charge in [-0.2, -0.15) is 5.10 Å². The Labute approximate surface area is 207 Å². The van der Waals surface area contributed by atoms with E-state index in [9.17, 15) is 4.79 Å². The van der Waals surface area contributed by atoms with Gasteiger partial charge in [-0.1, -0.05) is 0 Å². The largest absolute Gasteiger partial charge is 0.444 e. The molecule has 35 heavy (non-hydrogen) atoms. The number of aromatic nitrogens is 6. The number of H-pyrrole nitrogens is 1. The highest BCUT2D eigenvalue weighted by Gasteiger charge is 2.28. The van der Waals surface area contributed by atoms with Crippen LogP contribution in [0.2, 0.25) is 0 Å². The van der Waals surface area contributed by atoms with Gasteiger partial charge in [-0.25, -0.2) is 19.7 Å². The van der Waals surface area contributed by atoms with Crippen LogP contribution in [0.15, 0.2) is 42.4 Å². The summed E-state index contributed by atoms with van der Waals surface area (Å²) in [7, 11) is 0. The minimum atomic E-state index is -0.491. The zero-order valence-electron chi connectivity index (χ0n) is 19.9. The molecule has 4 aromatic rings. The fourth-order valence-electron chi connectivity index (χ4n) is 4.07. The molecular formula is C24H28N8O2S. The molecule has 0 saturated carbocycles. The fraction of sp³-hybridized carbons (Fsp3) is 0.375. The Kier molecular flexibility index (Phi) is 6.01. The minimum Gasteiger partial charge on any atom is -0.444 e. The van der Waals surface area contributed by atoms with E-state index in [0.717, 1.165) is 40.2 Å². The van der Waals surface area contributed by atoms with E-state index >= 15 is 0 Å². The molecule has 3 N–H and O–H groups in total. The van der Waals surface area contributed by atoms with Crippen molar-refractivity contribution in [3.05, 3.63) is 42.4 Å². The number of pyridine rings is 1. The van der Waals surface area contributed by atoms with Gasteiger partial charge in [0.2, 0.25) is 0 Å². The van der Waals surface area contributed by atoms with Crippen molar-refractivity contribution < 1.29 is 9.53 Å². The molecule has 0 bridgehead atoms. The number of nitrogens with one attached hydrogen (secondary N) is 1. The van der Waals surface area contributed by atoms with Gasteiger partial charge in [-0.3, -0.25) is 4.68 Å². The van der Waals surface area contributed by atoms with E-state index in [1.54, 1.807) is 23.5 Å². The molecular weight excluding hydrogens is 464 g/mol. The summed E-state index contributed by atoms with van der Waals surface area (Å²) in [5, 5.41) is 7.39. The second kappa shape index (κ2) is 9.14. The second-order valence-electron chi connectivity index (χ2n) is 9.55. The number of nitrogens with zero attached hydrogens (tertiary/aromatic N) is 6. The number of carbonyl (C=O) groups is 1. The summed E-state index contributed by atoms with van der Waals surface area (Å²) in [6.07, 6.45) is 10.5. The van der Waals surface area contributed by atoms with Crippen molar-refractivity contribution in [3.63, 3.8) is 0 Å². The van der Waals surface area contributed by atoms with Crippen molar-refractivity contribution in [1.29, 1.82) is 0 Å². The number of imidazole rings is 1. The lowest BCUT2D eigenvalue weighted by Gasteiger charge is -2.33. The number of nitrogen functional groups attached to an aromatic ring is 1.